The molecule has 1 heterocycles. The topological polar surface area (TPSA) is 67.2 Å². The third-order valence-corrected chi connectivity index (χ3v) is 3.83. The average molecular weight is 275 g/mol. The fourth-order valence-electron chi connectivity index (χ4n) is 2.88. The SMILES string of the molecule is CC(CC1CCCCN1)Nc1ccccc1CC(N)=O. The number of nitrogens with two attached hydrogens (primary N) is 1. The Bertz CT molecular complexity index is 441. The maximum Gasteiger partial charge on any atom is 0.221 e. The molecule has 1 aromatic rings. The maximum atomic E-state index is 11.1. The van der Waals surface area contributed by atoms with Crippen molar-refractivity contribution >= 4 is 11.6 Å². The third kappa shape index (κ3) is 4.53. The summed E-state index contributed by atoms with van der Waals surface area (Å²) in [4.78, 5) is 11.1. The van der Waals surface area contributed by atoms with Gasteiger partial charge >= 0.3 is 0 Å². The number of rotatable bonds is 6. The number of nitrogens with one attached hydrogen (secondary N) is 2. The minimum absolute atomic E-state index is 0.289. The number of hydrogen-bond donors (Lipinski definition) is 3. The highest BCUT2D eigenvalue weighted by Gasteiger charge is 2.16. The molecule has 2 atom stereocenters. The summed E-state index contributed by atoms with van der Waals surface area (Å²) in [5.41, 5.74) is 7.30. The van der Waals surface area contributed by atoms with Crippen molar-refractivity contribution in [2.45, 2.75) is 51.1 Å². The molecule has 1 aliphatic heterocycles. The standard InChI is InChI=1S/C16H25N3O/c1-12(10-14-7-4-5-9-18-14)19-15-8-3-2-6-13(15)11-16(17)20/h2-3,6,8,12,14,18-19H,4-5,7,9-11H2,1H3,(H2,17,20). The highest BCUT2D eigenvalue weighted by molar-refractivity contribution is 5.78. The molecular weight excluding hydrogens is 250 g/mol. The monoisotopic (exact) mass is 275 g/mol. The summed E-state index contributed by atoms with van der Waals surface area (Å²) in [5, 5.41) is 7.08. The molecule has 1 aliphatic rings. The van der Waals surface area contributed by atoms with Crippen LogP contribution >= 0.6 is 0 Å². The van der Waals surface area contributed by atoms with Crippen LogP contribution in [0.4, 0.5) is 5.69 Å². The van der Waals surface area contributed by atoms with E-state index in [9.17, 15) is 4.79 Å². The van der Waals surface area contributed by atoms with Crippen molar-refractivity contribution in [3.63, 3.8) is 0 Å². The fraction of sp³-hybridized carbons (Fsp3) is 0.562. The lowest BCUT2D eigenvalue weighted by atomic mass is 9.98. The number of hydrogen-bond acceptors (Lipinski definition) is 3. The molecule has 110 valence electrons. The summed E-state index contributed by atoms with van der Waals surface area (Å²) in [7, 11) is 0. The molecular formula is C16H25N3O. The quantitative estimate of drug-likeness (QED) is 0.744. The van der Waals surface area contributed by atoms with E-state index in [2.05, 4.69) is 17.6 Å². The fourth-order valence-corrected chi connectivity index (χ4v) is 2.88. The first-order valence-electron chi connectivity index (χ1n) is 7.51. The lowest BCUT2D eigenvalue weighted by Gasteiger charge is -2.27. The van der Waals surface area contributed by atoms with Crippen molar-refractivity contribution in [2.75, 3.05) is 11.9 Å². The van der Waals surface area contributed by atoms with Crippen molar-refractivity contribution in [1.29, 1.82) is 0 Å². The van der Waals surface area contributed by atoms with Crippen LogP contribution in [-0.4, -0.2) is 24.5 Å². The number of amides is 1. The number of carbonyl (C=O) groups excluding carboxylic acids is 1. The Kier molecular flexibility index (Phi) is 5.41. The predicted molar refractivity (Wildman–Crippen MR) is 82.7 cm³/mol. The molecule has 1 saturated heterocycles. The van der Waals surface area contributed by atoms with E-state index in [1.807, 2.05) is 24.3 Å². The molecule has 0 spiro atoms. The lowest BCUT2D eigenvalue weighted by Crippen LogP contribution is -2.37. The summed E-state index contributed by atoms with van der Waals surface area (Å²) in [5.74, 6) is -0.291. The Balaban J connectivity index is 1.92. The Hall–Kier alpha value is -1.55. The largest absolute Gasteiger partial charge is 0.382 e. The van der Waals surface area contributed by atoms with Gasteiger partial charge < -0.3 is 16.4 Å². The van der Waals surface area contributed by atoms with Crippen molar-refractivity contribution < 1.29 is 4.79 Å². The summed E-state index contributed by atoms with van der Waals surface area (Å²) in [6.07, 6.45) is 5.26. The van der Waals surface area contributed by atoms with Crippen molar-refractivity contribution in [2.24, 2.45) is 5.73 Å². The Morgan fingerprint density at radius 3 is 2.95 bits per heavy atom. The van der Waals surface area contributed by atoms with E-state index in [4.69, 9.17) is 5.73 Å². The van der Waals surface area contributed by atoms with E-state index in [1.54, 1.807) is 0 Å². The summed E-state index contributed by atoms with van der Waals surface area (Å²) >= 11 is 0. The van der Waals surface area contributed by atoms with Crippen LogP contribution in [-0.2, 0) is 11.2 Å². The van der Waals surface area contributed by atoms with Gasteiger partial charge in [0.1, 0.15) is 0 Å². The van der Waals surface area contributed by atoms with Crippen LogP contribution in [0.15, 0.2) is 24.3 Å². The van der Waals surface area contributed by atoms with E-state index in [0.29, 0.717) is 12.1 Å². The lowest BCUT2D eigenvalue weighted by molar-refractivity contribution is -0.117. The number of para-hydroxylation sites is 1. The molecule has 0 aromatic heterocycles. The molecule has 0 bridgehead atoms. The van der Waals surface area contributed by atoms with Gasteiger partial charge in [0.15, 0.2) is 0 Å². The molecule has 4 N–H and O–H groups in total. The van der Waals surface area contributed by atoms with E-state index < -0.39 is 0 Å². The maximum absolute atomic E-state index is 11.1. The van der Waals surface area contributed by atoms with Gasteiger partial charge in [-0.2, -0.15) is 0 Å². The zero-order valence-corrected chi connectivity index (χ0v) is 12.2. The third-order valence-electron chi connectivity index (χ3n) is 3.83. The zero-order valence-electron chi connectivity index (χ0n) is 12.2. The molecule has 2 unspecified atom stereocenters. The van der Waals surface area contributed by atoms with Crippen LogP contribution in [0.3, 0.4) is 0 Å². The molecule has 20 heavy (non-hydrogen) atoms. The van der Waals surface area contributed by atoms with E-state index in [1.165, 1.54) is 19.3 Å². The van der Waals surface area contributed by atoms with Crippen molar-refractivity contribution in [3.8, 4) is 0 Å². The molecule has 2 rings (SSSR count). The molecule has 4 heteroatoms. The van der Waals surface area contributed by atoms with E-state index in [0.717, 1.165) is 24.2 Å². The second-order valence-electron chi connectivity index (χ2n) is 5.73. The first-order valence-corrected chi connectivity index (χ1v) is 7.51. The van der Waals surface area contributed by atoms with Gasteiger partial charge in [-0.1, -0.05) is 24.6 Å². The molecule has 0 saturated carbocycles. The van der Waals surface area contributed by atoms with Gasteiger partial charge in [-0.3, -0.25) is 4.79 Å². The summed E-state index contributed by atoms with van der Waals surface area (Å²) in [6.45, 7) is 3.33. The Morgan fingerprint density at radius 1 is 1.45 bits per heavy atom. The van der Waals surface area contributed by atoms with Crippen LogP contribution in [0, 0.1) is 0 Å². The predicted octanol–water partition coefficient (Wildman–Crippen LogP) is 2.05. The highest BCUT2D eigenvalue weighted by Crippen LogP contribution is 2.19. The first-order chi connectivity index (χ1) is 9.65. The van der Waals surface area contributed by atoms with Crippen LogP contribution in [0.1, 0.15) is 38.2 Å². The highest BCUT2D eigenvalue weighted by atomic mass is 16.1. The van der Waals surface area contributed by atoms with Crippen molar-refractivity contribution in [3.05, 3.63) is 29.8 Å². The van der Waals surface area contributed by atoms with E-state index in [-0.39, 0.29) is 12.3 Å². The molecule has 4 nitrogen and oxygen atoms in total. The van der Waals surface area contributed by atoms with Crippen LogP contribution < -0.4 is 16.4 Å². The molecule has 1 aromatic carbocycles. The number of primary amides is 1. The molecule has 0 radical (unpaired) electrons. The van der Waals surface area contributed by atoms with Crippen LogP contribution in [0.25, 0.3) is 0 Å². The number of benzene rings is 1. The van der Waals surface area contributed by atoms with Gasteiger partial charge in [0.2, 0.25) is 5.91 Å². The van der Waals surface area contributed by atoms with Gasteiger partial charge in [0.05, 0.1) is 6.42 Å². The Morgan fingerprint density at radius 2 is 2.25 bits per heavy atom. The van der Waals surface area contributed by atoms with Gasteiger partial charge in [0.25, 0.3) is 0 Å². The van der Waals surface area contributed by atoms with Gasteiger partial charge in [0, 0.05) is 17.8 Å². The zero-order chi connectivity index (χ0) is 14.4. The van der Waals surface area contributed by atoms with Crippen LogP contribution in [0.2, 0.25) is 0 Å². The van der Waals surface area contributed by atoms with Crippen molar-refractivity contribution in [1.82, 2.24) is 5.32 Å². The smallest absolute Gasteiger partial charge is 0.221 e. The molecule has 0 aliphatic carbocycles. The molecule has 1 amide bonds. The average Bonchev–Trinajstić information content (AvgIpc) is 2.41. The minimum atomic E-state index is -0.291. The number of piperidine rings is 1. The van der Waals surface area contributed by atoms with E-state index >= 15 is 0 Å². The summed E-state index contributed by atoms with van der Waals surface area (Å²) < 4.78 is 0. The summed E-state index contributed by atoms with van der Waals surface area (Å²) in [6, 6.07) is 8.88. The molecule has 1 fully saturated rings. The van der Waals surface area contributed by atoms with Gasteiger partial charge in [-0.15, -0.1) is 0 Å². The van der Waals surface area contributed by atoms with Gasteiger partial charge in [-0.25, -0.2) is 0 Å². The Labute approximate surface area is 121 Å². The minimum Gasteiger partial charge on any atom is -0.382 e. The van der Waals surface area contributed by atoms with Gasteiger partial charge in [-0.05, 0) is 44.4 Å². The second kappa shape index (κ2) is 7.29. The number of carbonyl (C=O) groups is 1. The second-order valence-corrected chi connectivity index (χ2v) is 5.73. The number of anilines is 1. The van der Waals surface area contributed by atoms with Crippen LogP contribution in [0.5, 0.6) is 0 Å². The first kappa shape index (κ1) is 14.9. The normalized spacial score (nSPS) is 20.4.